The number of thiazole rings is 1. The van der Waals surface area contributed by atoms with E-state index < -0.39 is 0 Å². The summed E-state index contributed by atoms with van der Waals surface area (Å²) in [6, 6.07) is 4.41. The monoisotopic (exact) mass is 346 g/mol. The molecule has 5 nitrogen and oxygen atoms in total. The molecule has 1 amide bonds. The van der Waals surface area contributed by atoms with E-state index in [0.717, 1.165) is 35.9 Å². The first-order valence-electron chi connectivity index (χ1n) is 8.56. The second kappa shape index (κ2) is 7.07. The van der Waals surface area contributed by atoms with Crippen LogP contribution in [-0.2, 0) is 13.6 Å². The lowest BCUT2D eigenvalue weighted by Crippen LogP contribution is -2.34. The zero-order valence-corrected chi connectivity index (χ0v) is 15.7. The Morgan fingerprint density at radius 1 is 1.38 bits per heavy atom. The van der Waals surface area contributed by atoms with Crippen LogP contribution >= 0.6 is 11.3 Å². The lowest BCUT2D eigenvalue weighted by atomic mass is 9.99. The molecule has 1 N–H and O–H groups in total. The third-order valence-corrected chi connectivity index (χ3v) is 5.98. The molecular formula is C18H26N4OS. The van der Waals surface area contributed by atoms with Crippen molar-refractivity contribution >= 4 is 17.2 Å². The Kier molecular flexibility index (Phi) is 5.06. The Balaban J connectivity index is 1.86. The first-order valence-corrected chi connectivity index (χ1v) is 9.37. The van der Waals surface area contributed by atoms with Gasteiger partial charge in [0.15, 0.2) is 0 Å². The summed E-state index contributed by atoms with van der Waals surface area (Å²) >= 11 is 1.80. The Morgan fingerprint density at radius 2 is 2.17 bits per heavy atom. The second-order valence-electron chi connectivity index (χ2n) is 6.51. The predicted molar refractivity (Wildman–Crippen MR) is 97.4 cm³/mol. The standard InChI is InChI=1S/C18H26N4OS/c1-12-17(24-13(2)20-12)11-22-10-6-5-7-15(22)14-8-9-16(21(14)4)18(23)19-3/h8-9,15H,5-7,10-11H2,1-4H3,(H,19,23). The van der Waals surface area contributed by atoms with Gasteiger partial charge in [0.05, 0.1) is 16.7 Å². The molecule has 1 aliphatic rings. The van der Waals surface area contributed by atoms with Crippen LogP contribution in [-0.4, -0.2) is 34.0 Å². The zero-order valence-electron chi connectivity index (χ0n) is 14.9. The third kappa shape index (κ3) is 3.26. The van der Waals surface area contributed by atoms with Crippen LogP contribution in [0.3, 0.4) is 0 Å². The van der Waals surface area contributed by atoms with Gasteiger partial charge in [0.25, 0.3) is 5.91 Å². The summed E-state index contributed by atoms with van der Waals surface area (Å²) in [5.41, 5.74) is 3.11. The molecule has 1 aliphatic heterocycles. The molecule has 0 aromatic carbocycles. The maximum absolute atomic E-state index is 12.0. The van der Waals surface area contributed by atoms with Crippen molar-refractivity contribution in [2.75, 3.05) is 13.6 Å². The Morgan fingerprint density at radius 3 is 2.83 bits per heavy atom. The fourth-order valence-electron chi connectivity index (χ4n) is 3.64. The van der Waals surface area contributed by atoms with E-state index in [-0.39, 0.29) is 5.91 Å². The van der Waals surface area contributed by atoms with Gasteiger partial charge in [-0.3, -0.25) is 9.69 Å². The van der Waals surface area contributed by atoms with Gasteiger partial charge >= 0.3 is 0 Å². The minimum atomic E-state index is -0.0277. The molecule has 2 aromatic heterocycles. The highest BCUT2D eigenvalue weighted by Crippen LogP contribution is 2.34. The SMILES string of the molecule is CNC(=O)c1ccc(C2CCCCN2Cc2sc(C)nc2C)n1C. The van der Waals surface area contributed by atoms with E-state index in [9.17, 15) is 4.79 Å². The second-order valence-corrected chi connectivity index (χ2v) is 7.79. The van der Waals surface area contributed by atoms with Crippen molar-refractivity contribution in [1.29, 1.82) is 0 Å². The number of nitrogens with zero attached hydrogens (tertiary/aromatic N) is 3. The van der Waals surface area contributed by atoms with Gasteiger partial charge in [-0.1, -0.05) is 6.42 Å². The summed E-state index contributed by atoms with van der Waals surface area (Å²) in [6.45, 7) is 6.22. The highest BCUT2D eigenvalue weighted by atomic mass is 32.1. The van der Waals surface area contributed by atoms with Crippen LogP contribution in [0.15, 0.2) is 12.1 Å². The number of hydrogen-bond donors (Lipinski definition) is 1. The number of rotatable bonds is 4. The Labute approximate surface area is 147 Å². The number of piperidine rings is 1. The molecule has 0 spiro atoms. The molecular weight excluding hydrogens is 320 g/mol. The van der Waals surface area contributed by atoms with E-state index in [1.165, 1.54) is 23.4 Å². The van der Waals surface area contributed by atoms with Crippen molar-refractivity contribution in [3.63, 3.8) is 0 Å². The molecule has 1 unspecified atom stereocenters. The maximum Gasteiger partial charge on any atom is 0.267 e. The number of carbonyl (C=O) groups excluding carboxylic acids is 1. The number of nitrogens with one attached hydrogen (secondary N) is 1. The van der Waals surface area contributed by atoms with Crippen molar-refractivity contribution in [2.45, 2.75) is 45.7 Å². The number of aryl methyl sites for hydroxylation is 2. The van der Waals surface area contributed by atoms with E-state index in [0.29, 0.717) is 6.04 Å². The van der Waals surface area contributed by atoms with E-state index in [1.807, 2.05) is 17.7 Å². The fraction of sp³-hybridized carbons (Fsp3) is 0.556. The zero-order chi connectivity index (χ0) is 17.3. The van der Waals surface area contributed by atoms with E-state index in [2.05, 4.69) is 35.1 Å². The van der Waals surface area contributed by atoms with Gasteiger partial charge in [-0.25, -0.2) is 4.98 Å². The van der Waals surface area contributed by atoms with Crippen molar-refractivity contribution < 1.29 is 4.79 Å². The van der Waals surface area contributed by atoms with Crippen LogP contribution in [0.25, 0.3) is 0 Å². The normalized spacial score (nSPS) is 18.8. The largest absolute Gasteiger partial charge is 0.354 e. The molecule has 1 fully saturated rings. The first kappa shape index (κ1) is 17.2. The average molecular weight is 347 g/mol. The van der Waals surface area contributed by atoms with Gasteiger partial charge in [-0.15, -0.1) is 11.3 Å². The fourth-order valence-corrected chi connectivity index (χ4v) is 4.60. The average Bonchev–Trinajstić information content (AvgIpc) is 3.09. The maximum atomic E-state index is 12.0. The highest BCUT2D eigenvalue weighted by molar-refractivity contribution is 7.11. The number of aromatic nitrogens is 2. The third-order valence-electron chi connectivity index (χ3n) is 4.92. The quantitative estimate of drug-likeness (QED) is 0.925. The molecule has 130 valence electrons. The van der Waals surface area contributed by atoms with Crippen LogP contribution in [0.1, 0.15) is 57.1 Å². The van der Waals surface area contributed by atoms with Crippen molar-refractivity contribution in [1.82, 2.24) is 19.8 Å². The van der Waals surface area contributed by atoms with Gasteiger partial charge in [-0.2, -0.15) is 0 Å². The van der Waals surface area contributed by atoms with Crippen LogP contribution in [0.4, 0.5) is 0 Å². The number of carbonyl (C=O) groups is 1. The van der Waals surface area contributed by atoms with Crippen LogP contribution in [0.2, 0.25) is 0 Å². The molecule has 0 aliphatic carbocycles. The molecule has 0 bridgehead atoms. The van der Waals surface area contributed by atoms with Crippen LogP contribution in [0.5, 0.6) is 0 Å². The number of hydrogen-bond acceptors (Lipinski definition) is 4. The lowest BCUT2D eigenvalue weighted by molar-refractivity contribution is 0.0952. The number of amides is 1. The summed E-state index contributed by atoms with van der Waals surface area (Å²) in [6.07, 6.45) is 3.62. The molecule has 3 heterocycles. The predicted octanol–water partition coefficient (Wildman–Crippen LogP) is 3.19. The summed E-state index contributed by atoms with van der Waals surface area (Å²) < 4.78 is 2.05. The summed E-state index contributed by atoms with van der Waals surface area (Å²) in [4.78, 5) is 20.5. The minimum Gasteiger partial charge on any atom is -0.354 e. The molecule has 0 saturated carbocycles. The number of likely N-dealkylation sites (tertiary alicyclic amines) is 1. The van der Waals surface area contributed by atoms with Crippen molar-refractivity contribution in [3.05, 3.63) is 39.1 Å². The molecule has 3 rings (SSSR count). The summed E-state index contributed by atoms with van der Waals surface area (Å²) in [7, 11) is 3.67. The summed E-state index contributed by atoms with van der Waals surface area (Å²) in [5, 5.41) is 3.86. The molecule has 6 heteroatoms. The van der Waals surface area contributed by atoms with Gasteiger partial charge in [-0.05, 0) is 45.4 Å². The van der Waals surface area contributed by atoms with E-state index in [1.54, 1.807) is 18.4 Å². The van der Waals surface area contributed by atoms with Gasteiger partial charge in [0.2, 0.25) is 0 Å². The first-order chi connectivity index (χ1) is 11.5. The van der Waals surface area contributed by atoms with Gasteiger partial charge in [0.1, 0.15) is 5.69 Å². The lowest BCUT2D eigenvalue weighted by Gasteiger charge is -2.36. The molecule has 0 radical (unpaired) electrons. The molecule has 2 aromatic rings. The summed E-state index contributed by atoms with van der Waals surface area (Å²) in [5.74, 6) is -0.0277. The Hall–Kier alpha value is -1.66. The smallest absolute Gasteiger partial charge is 0.267 e. The van der Waals surface area contributed by atoms with Crippen LogP contribution < -0.4 is 5.32 Å². The highest BCUT2D eigenvalue weighted by Gasteiger charge is 2.28. The van der Waals surface area contributed by atoms with Crippen LogP contribution in [0, 0.1) is 13.8 Å². The van der Waals surface area contributed by atoms with Crippen molar-refractivity contribution in [2.24, 2.45) is 7.05 Å². The van der Waals surface area contributed by atoms with Gasteiger partial charge in [0, 0.05) is 31.2 Å². The van der Waals surface area contributed by atoms with Gasteiger partial charge < -0.3 is 9.88 Å². The molecule has 24 heavy (non-hydrogen) atoms. The molecule has 1 saturated heterocycles. The minimum absolute atomic E-state index is 0.0277. The van der Waals surface area contributed by atoms with Crippen molar-refractivity contribution in [3.8, 4) is 0 Å². The topological polar surface area (TPSA) is 50.2 Å². The van der Waals surface area contributed by atoms with E-state index >= 15 is 0 Å². The Bertz CT molecular complexity index is 733. The molecule has 1 atom stereocenters. The van der Waals surface area contributed by atoms with E-state index in [4.69, 9.17) is 0 Å².